The first-order valence-electron chi connectivity index (χ1n) is 6.38. The average Bonchev–Trinajstić information content (AvgIpc) is 3.09. The Morgan fingerprint density at radius 1 is 1.47 bits per heavy atom. The van der Waals surface area contributed by atoms with Crippen LogP contribution in [-0.2, 0) is 9.53 Å². The lowest BCUT2D eigenvalue weighted by Crippen LogP contribution is -2.36. The fourth-order valence-electron chi connectivity index (χ4n) is 2.87. The molecule has 4 heteroatoms. The van der Waals surface area contributed by atoms with Crippen LogP contribution < -0.4 is 0 Å². The average molecular weight is 234 g/mol. The van der Waals surface area contributed by atoms with E-state index >= 15 is 0 Å². The molecule has 2 saturated heterocycles. The molecular formula is C13H18N2O2. The lowest BCUT2D eigenvalue weighted by atomic mass is 10.1. The Labute approximate surface area is 101 Å². The number of hydrogen-bond acceptors (Lipinski definition) is 2. The van der Waals surface area contributed by atoms with Crippen LogP contribution in [0.1, 0.15) is 31.0 Å². The summed E-state index contributed by atoms with van der Waals surface area (Å²) in [5, 5.41) is 0. The summed E-state index contributed by atoms with van der Waals surface area (Å²) in [4.78, 5) is 17.6. The Morgan fingerprint density at radius 3 is 3.12 bits per heavy atom. The number of carbonyl (C=O) groups is 1. The van der Waals surface area contributed by atoms with Crippen LogP contribution in [0.2, 0.25) is 0 Å². The number of aromatic nitrogens is 1. The molecule has 17 heavy (non-hydrogen) atoms. The highest BCUT2D eigenvalue weighted by Gasteiger charge is 2.35. The lowest BCUT2D eigenvalue weighted by molar-refractivity contribution is -0.136. The molecule has 2 atom stereocenters. The van der Waals surface area contributed by atoms with Crippen molar-refractivity contribution in [2.45, 2.75) is 25.3 Å². The summed E-state index contributed by atoms with van der Waals surface area (Å²) >= 11 is 0. The minimum atomic E-state index is 0.0885. The van der Waals surface area contributed by atoms with Crippen molar-refractivity contribution in [3.05, 3.63) is 24.0 Å². The zero-order valence-electron chi connectivity index (χ0n) is 9.89. The number of carbonyl (C=O) groups excluding carboxylic acids is 1. The molecule has 1 amide bonds. The fourth-order valence-corrected chi connectivity index (χ4v) is 2.87. The molecule has 2 unspecified atom stereocenters. The van der Waals surface area contributed by atoms with Gasteiger partial charge >= 0.3 is 0 Å². The quantitative estimate of drug-likeness (QED) is 0.846. The summed E-state index contributed by atoms with van der Waals surface area (Å²) in [7, 11) is 0. The van der Waals surface area contributed by atoms with Gasteiger partial charge in [-0.1, -0.05) is 0 Å². The van der Waals surface area contributed by atoms with Gasteiger partial charge in [0, 0.05) is 25.0 Å². The van der Waals surface area contributed by atoms with Gasteiger partial charge in [-0.2, -0.15) is 0 Å². The Kier molecular flexibility index (Phi) is 2.89. The predicted molar refractivity (Wildman–Crippen MR) is 63.4 cm³/mol. The molecule has 0 spiro atoms. The third kappa shape index (κ3) is 1.97. The van der Waals surface area contributed by atoms with Gasteiger partial charge in [0.1, 0.15) is 0 Å². The summed E-state index contributed by atoms with van der Waals surface area (Å²) in [6, 6.07) is 4.31. The van der Waals surface area contributed by atoms with Gasteiger partial charge in [0.25, 0.3) is 0 Å². The van der Waals surface area contributed by atoms with Gasteiger partial charge in [-0.05, 0) is 31.4 Å². The number of aromatic amines is 1. The molecule has 3 heterocycles. The van der Waals surface area contributed by atoms with Crippen molar-refractivity contribution in [2.75, 3.05) is 19.8 Å². The second-order valence-electron chi connectivity index (χ2n) is 4.88. The lowest BCUT2D eigenvalue weighted by Gasteiger charge is -2.26. The zero-order valence-corrected chi connectivity index (χ0v) is 9.89. The second-order valence-corrected chi connectivity index (χ2v) is 4.88. The number of likely N-dealkylation sites (tertiary alicyclic amines) is 1. The van der Waals surface area contributed by atoms with Crippen LogP contribution in [0.4, 0.5) is 0 Å². The van der Waals surface area contributed by atoms with E-state index in [0.29, 0.717) is 6.61 Å². The second kappa shape index (κ2) is 4.53. The summed E-state index contributed by atoms with van der Waals surface area (Å²) in [6.07, 6.45) is 4.98. The van der Waals surface area contributed by atoms with Crippen molar-refractivity contribution in [1.82, 2.24) is 9.88 Å². The van der Waals surface area contributed by atoms with Gasteiger partial charge in [-0.15, -0.1) is 0 Å². The van der Waals surface area contributed by atoms with E-state index in [-0.39, 0.29) is 17.9 Å². The van der Waals surface area contributed by atoms with Gasteiger partial charge in [0.15, 0.2) is 0 Å². The Bertz CT molecular complexity index is 382. The van der Waals surface area contributed by atoms with Gasteiger partial charge < -0.3 is 14.6 Å². The molecule has 0 saturated carbocycles. The van der Waals surface area contributed by atoms with Crippen LogP contribution in [0.5, 0.6) is 0 Å². The smallest absolute Gasteiger partial charge is 0.228 e. The number of hydrogen-bond donors (Lipinski definition) is 1. The van der Waals surface area contributed by atoms with E-state index < -0.39 is 0 Å². The minimum Gasteiger partial charge on any atom is -0.381 e. The number of nitrogens with one attached hydrogen (secondary N) is 1. The highest BCUT2D eigenvalue weighted by Crippen LogP contribution is 2.33. The van der Waals surface area contributed by atoms with Crippen LogP contribution in [0.15, 0.2) is 18.3 Å². The Balaban J connectivity index is 1.75. The molecule has 0 radical (unpaired) electrons. The molecular weight excluding hydrogens is 216 g/mol. The summed E-state index contributed by atoms with van der Waals surface area (Å²) in [5.41, 5.74) is 1.16. The van der Waals surface area contributed by atoms with E-state index in [1.807, 2.05) is 17.2 Å². The highest BCUT2D eigenvalue weighted by atomic mass is 16.5. The normalized spacial score (nSPS) is 28.8. The van der Waals surface area contributed by atoms with Gasteiger partial charge in [-0.3, -0.25) is 4.79 Å². The van der Waals surface area contributed by atoms with E-state index in [1.54, 1.807) is 0 Å². The van der Waals surface area contributed by atoms with Gasteiger partial charge in [0.05, 0.1) is 18.6 Å². The summed E-state index contributed by atoms with van der Waals surface area (Å²) in [6.45, 7) is 2.23. The van der Waals surface area contributed by atoms with Crippen LogP contribution in [0, 0.1) is 5.92 Å². The maximum Gasteiger partial charge on any atom is 0.228 e. The molecule has 2 fully saturated rings. The van der Waals surface area contributed by atoms with Gasteiger partial charge in [0.2, 0.25) is 5.91 Å². The number of rotatable bonds is 2. The van der Waals surface area contributed by atoms with Crippen LogP contribution in [-0.4, -0.2) is 35.5 Å². The van der Waals surface area contributed by atoms with E-state index in [9.17, 15) is 4.79 Å². The molecule has 0 bridgehead atoms. The SMILES string of the molecule is O=C(C1CCOC1)N1CCCC1c1ccc[nH]1. The largest absolute Gasteiger partial charge is 0.381 e. The molecule has 4 nitrogen and oxygen atoms in total. The van der Waals surface area contributed by atoms with Crippen molar-refractivity contribution >= 4 is 5.91 Å². The molecule has 1 aromatic rings. The van der Waals surface area contributed by atoms with Crippen molar-refractivity contribution in [1.29, 1.82) is 0 Å². The van der Waals surface area contributed by atoms with Crippen molar-refractivity contribution in [3.63, 3.8) is 0 Å². The first-order chi connectivity index (χ1) is 8.36. The van der Waals surface area contributed by atoms with Gasteiger partial charge in [-0.25, -0.2) is 0 Å². The molecule has 0 aromatic carbocycles. The Hall–Kier alpha value is -1.29. The number of H-pyrrole nitrogens is 1. The maximum absolute atomic E-state index is 12.4. The highest BCUT2D eigenvalue weighted by molar-refractivity contribution is 5.80. The molecule has 2 aliphatic rings. The fraction of sp³-hybridized carbons (Fsp3) is 0.615. The van der Waals surface area contributed by atoms with Crippen LogP contribution >= 0.6 is 0 Å². The van der Waals surface area contributed by atoms with E-state index in [2.05, 4.69) is 11.1 Å². The van der Waals surface area contributed by atoms with Crippen LogP contribution in [0.25, 0.3) is 0 Å². The third-order valence-corrected chi connectivity index (χ3v) is 3.80. The summed E-state index contributed by atoms with van der Waals surface area (Å²) in [5.74, 6) is 0.366. The molecule has 92 valence electrons. The molecule has 3 rings (SSSR count). The third-order valence-electron chi connectivity index (χ3n) is 3.80. The Morgan fingerprint density at radius 2 is 2.41 bits per heavy atom. The molecule has 1 aromatic heterocycles. The van der Waals surface area contributed by atoms with Crippen LogP contribution in [0.3, 0.4) is 0 Å². The van der Waals surface area contributed by atoms with Crippen molar-refractivity contribution in [2.24, 2.45) is 5.92 Å². The monoisotopic (exact) mass is 234 g/mol. The summed E-state index contributed by atoms with van der Waals surface area (Å²) < 4.78 is 5.31. The minimum absolute atomic E-state index is 0.0885. The van der Waals surface area contributed by atoms with E-state index in [0.717, 1.165) is 38.1 Å². The first kappa shape index (κ1) is 10.8. The predicted octanol–water partition coefficient (Wildman–Crippen LogP) is 1.71. The molecule has 1 N–H and O–H groups in total. The maximum atomic E-state index is 12.4. The first-order valence-corrected chi connectivity index (χ1v) is 6.38. The van der Waals surface area contributed by atoms with Crippen molar-refractivity contribution in [3.8, 4) is 0 Å². The number of ether oxygens (including phenoxy) is 1. The molecule has 0 aliphatic carbocycles. The van der Waals surface area contributed by atoms with Crippen molar-refractivity contribution < 1.29 is 9.53 Å². The topological polar surface area (TPSA) is 45.3 Å². The zero-order chi connectivity index (χ0) is 11.7. The number of amides is 1. The standard InChI is InChI=1S/C13H18N2O2/c16-13(10-5-8-17-9-10)15-7-2-4-12(15)11-3-1-6-14-11/h1,3,6,10,12,14H,2,4-5,7-9H2. The molecule has 2 aliphatic heterocycles. The number of nitrogens with zero attached hydrogens (tertiary/aromatic N) is 1. The van der Waals surface area contributed by atoms with E-state index in [4.69, 9.17) is 4.74 Å². The van der Waals surface area contributed by atoms with E-state index in [1.165, 1.54) is 0 Å².